The van der Waals surface area contributed by atoms with Gasteiger partial charge in [-0.15, -0.1) is 0 Å². The summed E-state index contributed by atoms with van der Waals surface area (Å²) in [5.74, 6) is -0.0482. The van der Waals surface area contributed by atoms with E-state index >= 15 is 0 Å². The van der Waals surface area contributed by atoms with Crippen molar-refractivity contribution in [2.45, 2.75) is 51.0 Å². The van der Waals surface area contributed by atoms with E-state index in [2.05, 4.69) is 18.6 Å². The lowest BCUT2D eigenvalue weighted by atomic mass is 9.99. The van der Waals surface area contributed by atoms with Crippen LogP contribution in [-0.4, -0.2) is 20.5 Å². The minimum absolute atomic E-state index is 0.202. The van der Waals surface area contributed by atoms with Crippen LogP contribution in [0.3, 0.4) is 0 Å². The Morgan fingerprint density at radius 2 is 1.58 bits per heavy atom. The number of anilines is 1. The molecule has 6 heteroatoms. The van der Waals surface area contributed by atoms with Crippen molar-refractivity contribution in [1.82, 2.24) is 0 Å². The molecule has 0 unspecified atom stereocenters. The van der Waals surface area contributed by atoms with E-state index in [1.165, 1.54) is 12.1 Å². The molecule has 0 radical (unpaired) electrons. The maximum Gasteiger partial charge on any atom is 0.338 e. The topological polar surface area (TPSA) is 72.5 Å². The normalized spacial score (nSPS) is 12.7. The summed E-state index contributed by atoms with van der Waals surface area (Å²) < 4.78 is 32.7. The standard InChI is InChI=1S/C20H25NO4S/c1-5-15(4)16-8-12-19(13-9-16)26(23,24)21-18-10-6-17(7-11-18)20(22)25-14(2)3/h6-15,21H,5H2,1-4H3/t15-/m0/s1. The molecule has 0 aliphatic rings. The summed E-state index contributed by atoms with van der Waals surface area (Å²) in [6, 6.07) is 13.1. The summed E-state index contributed by atoms with van der Waals surface area (Å²) >= 11 is 0. The van der Waals surface area contributed by atoms with Crippen molar-refractivity contribution in [2.75, 3.05) is 4.72 Å². The maximum absolute atomic E-state index is 12.5. The fraction of sp³-hybridized carbons (Fsp3) is 0.350. The van der Waals surface area contributed by atoms with Crippen molar-refractivity contribution in [3.63, 3.8) is 0 Å². The Hall–Kier alpha value is -2.34. The molecular weight excluding hydrogens is 350 g/mol. The lowest BCUT2D eigenvalue weighted by Gasteiger charge is -2.12. The van der Waals surface area contributed by atoms with Crippen molar-refractivity contribution in [2.24, 2.45) is 0 Å². The molecule has 26 heavy (non-hydrogen) atoms. The number of carbonyl (C=O) groups is 1. The van der Waals surface area contributed by atoms with E-state index in [1.807, 2.05) is 12.1 Å². The number of carbonyl (C=O) groups excluding carboxylic acids is 1. The molecule has 0 bridgehead atoms. The molecule has 0 aliphatic heterocycles. The average molecular weight is 375 g/mol. The highest BCUT2D eigenvalue weighted by Crippen LogP contribution is 2.22. The third-order valence-electron chi connectivity index (χ3n) is 4.09. The van der Waals surface area contributed by atoms with Crippen LogP contribution < -0.4 is 4.72 Å². The second-order valence-corrected chi connectivity index (χ2v) is 8.20. The molecule has 0 saturated heterocycles. The highest BCUT2D eigenvalue weighted by atomic mass is 32.2. The van der Waals surface area contributed by atoms with E-state index in [0.29, 0.717) is 17.2 Å². The Morgan fingerprint density at radius 1 is 1.00 bits per heavy atom. The Balaban J connectivity index is 2.12. The first-order valence-corrected chi connectivity index (χ1v) is 10.1. The molecule has 1 atom stereocenters. The highest BCUT2D eigenvalue weighted by molar-refractivity contribution is 7.92. The van der Waals surface area contributed by atoms with Crippen molar-refractivity contribution >= 4 is 21.7 Å². The Bertz CT molecular complexity index is 840. The van der Waals surface area contributed by atoms with E-state index in [-0.39, 0.29) is 11.0 Å². The second-order valence-electron chi connectivity index (χ2n) is 6.52. The number of hydrogen-bond donors (Lipinski definition) is 1. The fourth-order valence-electron chi connectivity index (χ4n) is 2.38. The van der Waals surface area contributed by atoms with Crippen molar-refractivity contribution in [3.05, 3.63) is 59.7 Å². The summed E-state index contributed by atoms with van der Waals surface area (Å²) in [6.07, 6.45) is 0.787. The molecule has 0 aliphatic carbocycles. The van der Waals surface area contributed by atoms with Crippen LogP contribution in [0.1, 0.15) is 56.0 Å². The van der Waals surface area contributed by atoms with E-state index in [0.717, 1.165) is 12.0 Å². The van der Waals surface area contributed by atoms with E-state index in [4.69, 9.17) is 4.74 Å². The lowest BCUT2D eigenvalue weighted by Crippen LogP contribution is -2.14. The first kappa shape index (κ1) is 20.0. The number of ether oxygens (including phenoxy) is 1. The maximum atomic E-state index is 12.5. The molecule has 0 aromatic heterocycles. The quantitative estimate of drug-likeness (QED) is 0.720. The first-order chi connectivity index (χ1) is 12.2. The molecule has 1 N–H and O–H groups in total. The van der Waals surface area contributed by atoms with Crippen molar-refractivity contribution in [1.29, 1.82) is 0 Å². The number of benzene rings is 2. The van der Waals surface area contributed by atoms with Crippen molar-refractivity contribution < 1.29 is 17.9 Å². The SMILES string of the molecule is CC[C@H](C)c1ccc(S(=O)(=O)Nc2ccc(C(=O)OC(C)C)cc2)cc1. The predicted molar refractivity (Wildman–Crippen MR) is 103 cm³/mol. The molecule has 0 spiro atoms. The van der Waals surface area contributed by atoms with Gasteiger partial charge in [0.2, 0.25) is 0 Å². The smallest absolute Gasteiger partial charge is 0.338 e. The summed E-state index contributed by atoms with van der Waals surface area (Å²) in [4.78, 5) is 12.0. The van der Waals surface area contributed by atoms with E-state index in [1.54, 1.807) is 38.1 Å². The molecule has 140 valence electrons. The number of esters is 1. The summed E-state index contributed by atoms with van der Waals surface area (Å²) in [5.41, 5.74) is 1.87. The Morgan fingerprint density at radius 3 is 2.08 bits per heavy atom. The average Bonchev–Trinajstić information content (AvgIpc) is 2.61. The van der Waals surface area contributed by atoms with Crippen LogP contribution in [0.15, 0.2) is 53.4 Å². The molecule has 0 amide bonds. The van der Waals surface area contributed by atoms with Crippen LogP contribution in [0, 0.1) is 0 Å². The summed E-state index contributed by atoms with van der Waals surface area (Å²) in [6.45, 7) is 7.74. The van der Waals surface area contributed by atoms with Gasteiger partial charge >= 0.3 is 5.97 Å². The zero-order chi connectivity index (χ0) is 19.3. The monoisotopic (exact) mass is 375 g/mol. The highest BCUT2D eigenvalue weighted by Gasteiger charge is 2.15. The van der Waals surface area contributed by atoms with Crippen LogP contribution in [0.25, 0.3) is 0 Å². The molecule has 0 fully saturated rings. The van der Waals surface area contributed by atoms with Crippen LogP contribution in [-0.2, 0) is 14.8 Å². The van der Waals surface area contributed by atoms with Gasteiger partial charge < -0.3 is 4.74 Å². The summed E-state index contributed by atoms with van der Waals surface area (Å²) in [5, 5.41) is 0. The Labute approximate surface area is 155 Å². The van der Waals surface area contributed by atoms with Crippen molar-refractivity contribution in [3.8, 4) is 0 Å². The van der Waals surface area contributed by atoms with Gasteiger partial charge in [-0.05, 0) is 68.1 Å². The number of nitrogens with one attached hydrogen (secondary N) is 1. The van der Waals surface area contributed by atoms with Gasteiger partial charge in [-0.3, -0.25) is 4.72 Å². The summed E-state index contributed by atoms with van der Waals surface area (Å²) in [7, 11) is -3.68. The van der Waals surface area contributed by atoms with Gasteiger partial charge in [0.1, 0.15) is 0 Å². The fourth-order valence-corrected chi connectivity index (χ4v) is 3.44. The molecule has 0 heterocycles. The molecule has 2 rings (SSSR count). The minimum Gasteiger partial charge on any atom is -0.459 e. The van der Waals surface area contributed by atoms with Gasteiger partial charge in [-0.25, -0.2) is 13.2 Å². The largest absolute Gasteiger partial charge is 0.459 e. The minimum atomic E-state index is -3.68. The van der Waals surface area contributed by atoms with E-state index < -0.39 is 16.0 Å². The van der Waals surface area contributed by atoms with Gasteiger partial charge in [0, 0.05) is 5.69 Å². The molecule has 2 aromatic rings. The molecule has 0 saturated carbocycles. The Kier molecular flexibility index (Phi) is 6.42. The van der Waals surface area contributed by atoms with Gasteiger partial charge in [-0.2, -0.15) is 0 Å². The van der Waals surface area contributed by atoms with Gasteiger partial charge in [-0.1, -0.05) is 26.0 Å². The molecule has 2 aromatic carbocycles. The zero-order valence-electron chi connectivity index (χ0n) is 15.5. The van der Waals surface area contributed by atoms with E-state index in [9.17, 15) is 13.2 Å². The van der Waals surface area contributed by atoms with Gasteiger partial charge in [0.25, 0.3) is 10.0 Å². The lowest BCUT2D eigenvalue weighted by molar-refractivity contribution is 0.0378. The molecular formula is C20H25NO4S. The zero-order valence-corrected chi connectivity index (χ0v) is 16.3. The third kappa shape index (κ3) is 5.08. The first-order valence-electron chi connectivity index (χ1n) is 8.66. The number of hydrogen-bond acceptors (Lipinski definition) is 4. The molecule has 5 nitrogen and oxygen atoms in total. The third-order valence-corrected chi connectivity index (χ3v) is 5.48. The van der Waals surface area contributed by atoms with Crippen LogP contribution >= 0.6 is 0 Å². The van der Waals surface area contributed by atoms with Crippen LogP contribution in [0.2, 0.25) is 0 Å². The van der Waals surface area contributed by atoms with Crippen LogP contribution in [0.4, 0.5) is 5.69 Å². The number of rotatable bonds is 7. The number of sulfonamides is 1. The second kappa shape index (κ2) is 8.36. The van der Waals surface area contributed by atoms with Crippen LogP contribution in [0.5, 0.6) is 0 Å². The van der Waals surface area contributed by atoms with Gasteiger partial charge in [0.15, 0.2) is 0 Å². The van der Waals surface area contributed by atoms with Gasteiger partial charge in [0.05, 0.1) is 16.6 Å². The predicted octanol–water partition coefficient (Wildman–Crippen LogP) is 4.57.